The monoisotopic (exact) mass is 427 g/mol. The zero-order chi connectivity index (χ0) is 21.1. The van der Waals surface area contributed by atoms with Gasteiger partial charge in [-0.1, -0.05) is 53.9 Å². The molecule has 0 radical (unpaired) electrons. The van der Waals surface area contributed by atoms with Crippen LogP contribution in [0, 0.1) is 24.7 Å². The summed E-state index contributed by atoms with van der Waals surface area (Å²) in [6, 6.07) is 13.1. The van der Waals surface area contributed by atoms with Crippen LogP contribution in [0.15, 0.2) is 42.5 Å². The standard InChI is InChI=1S/C23H22ClNO3S/c1-4-14-27-20-11-6-17(16-21(20)26-3)12-13-25-23(29)22(28-15-5-2)18-7-9-19(24)10-8-18/h1-2,6-11,16,22H,12-15H2,3H3,(H,25,29). The Labute approximate surface area is 182 Å². The molecule has 6 heteroatoms. The molecule has 150 valence electrons. The molecule has 29 heavy (non-hydrogen) atoms. The molecule has 1 N–H and O–H groups in total. The Bertz CT molecular complexity index is 900. The summed E-state index contributed by atoms with van der Waals surface area (Å²) in [5, 5.41) is 3.89. The molecule has 1 unspecified atom stereocenters. The van der Waals surface area contributed by atoms with Crippen LogP contribution in [0.3, 0.4) is 0 Å². The first kappa shape index (κ1) is 22.6. The molecule has 2 aromatic rings. The lowest BCUT2D eigenvalue weighted by Gasteiger charge is -2.20. The lowest BCUT2D eigenvalue weighted by Crippen LogP contribution is -2.31. The third kappa shape index (κ3) is 7.00. The van der Waals surface area contributed by atoms with E-state index < -0.39 is 6.10 Å². The maximum absolute atomic E-state index is 5.97. The predicted octanol–water partition coefficient (Wildman–Crippen LogP) is 4.21. The van der Waals surface area contributed by atoms with Crippen LogP contribution in [0.1, 0.15) is 17.2 Å². The van der Waals surface area contributed by atoms with Crippen LogP contribution in [0.2, 0.25) is 5.02 Å². The zero-order valence-electron chi connectivity index (χ0n) is 16.1. The molecule has 0 aliphatic rings. The minimum atomic E-state index is -0.438. The number of thiocarbonyl (C=S) groups is 1. The van der Waals surface area contributed by atoms with Gasteiger partial charge in [-0.3, -0.25) is 0 Å². The Balaban J connectivity index is 1.98. The van der Waals surface area contributed by atoms with Crippen LogP contribution < -0.4 is 14.8 Å². The van der Waals surface area contributed by atoms with Gasteiger partial charge in [-0.25, -0.2) is 0 Å². The highest BCUT2D eigenvalue weighted by molar-refractivity contribution is 7.80. The van der Waals surface area contributed by atoms with Gasteiger partial charge < -0.3 is 19.5 Å². The van der Waals surface area contributed by atoms with Crippen molar-refractivity contribution in [2.75, 3.05) is 26.9 Å². The molecule has 0 bridgehead atoms. The summed E-state index contributed by atoms with van der Waals surface area (Å²) >= 11 is 11.5. The molecule has 0 fully saturated rings. The first-order chi connectivity index (χ1) is 14.1. The molecule has 0 amide bonds. The smallest absolute Gasteiger partial charge is 0.162 e. The van der Waals surface area contributed by atoms with E-state index in [-0.39, 0.29) is 13.2 Å². The van der Waals surface area contributed by atoms with Gasteiger partial charge >= 0.3 is 0 Å². The number of ether oxygens (including phenoxy) is 3. The van der Waals surface area contributed by atoms with E-state index >= 15 is 0 Å². The molecule has 2 aromatic carbocycles. The Hall–Kier alpha value is -2.70. The van der Waals surface area contributed by atoms with Crippen LogP contribution in [0.25, 0.3) is 0 Å². The van der Waals surface area contributed by atoms with Gasteiger partial charge in [0.25, 0.3) is 0 Å². The maximum Gasteiger partial charge on any atom is 0.162 e. The molecule has 4 nitrogen and oxygen atoms in total. The van der Waals surface area contributed by atoms with Crippen molar-refractivity contribution in [3.05, 3.63) is 58.6 Å². The third-order valence-corrected chi connectivity index (χ3v) is 4.61. The Morgan fingerprint density at radius 1 is 1.10 bits per heavy atom. The van der Waals surface area contributed by atoms with Gasteiger partial charge in [0, 0.05) is 11.6 Å². The highest BCUT2D eigenvalue weighted by atomic mass is 35.5. The molecule has 0 aliphatic heterocycles. The highest BCUT2D eigenvalue weighted by Crippen LogP contribution is 2.28. The second-order valence-electron chi connectivity index (χ2n) is 5.97. The van der Waals surface area contributed by atoms with E-state index in [9.17, 15) is 0 Å². The van der Waals surface area contributed by atoms with Crippen molar-refractivity contribution in [1.82, 2.24) is 5.32 Å². The second kappa shape index (κ2) is 12.0. The molecular weight excluding hydrogens is 406 g/mol. The number of rotatable bonds is 10. The van der Waals surface area contributed by atoms with E-state index in [0.717, 1.165) is 17.5 Å². The molecular formula is C23H22ClNO3S. The largest absolute Gasteiger partial charge is 0.493 e. The van der Waals surface area contributed by atoms with Gasteiger partial charge in [0.15, 0.2) is 11.5 Å². The van der Waals surface area contributed by atoms with Crippen LogP contribution >= 0.6 is 23.8 Å². The first-order valence-corrected chi connectivity index (χ1v) is 9.69. The van der Waals surface area contributed by atoms with Crippen molar-refractivity contribution in [2.45, 2.75) is 12.5 Å². The minimum absolute atomic E-state index is 0.158. The van der Waals surface area contributed by atoms with Gasteiger partial charge in [-0.05, 0) is 41.8 Å². The number of nitrogens with one attached hydrogen (secondary N) is 1. The highest BCUT2D eigenvalue weighted by Gasteiger charge is 2.17. The van der Waals surface area contributed by atoms with Crippen molar-refractivity contribution in [3.63, 3.8) is 0 Å². The van der Waals surface area contributed by atoms with Crippen LogP contribution in [-0.4, -0.2) is 31.9 Å². The zero-order valence-corrected chi connectivity index (χ0v) is 17.7. The summed E-state index contributed by atoms with van der Waals surface area (Å²) in [6.45, 7) is 0.969. The third-order valence-electron chi connectivity index (χ3n) is 4.00. The van der Waals surface area contributed by atoms with Crippen molar-refractivity contribution >= 4 is 28.8 Å². The van der Waals surface area contributed by atoms with Gasteiger partial charge in [0.2, 0.25) is 0 Å². The second-order valence-corrected chi connectivity index (χ2v) is 6.84. The van der Waals surface area contributed by atoms with Gasteiger partial charge in [0.1, 0.15) is 24.3 Å². The van der Waals surface area contributed by atoms with Gasteiger partial charge in [0.05, 0.1) is 7.11 Å². The van der Waals surface area contributed by atoms with Crippen molar-refractivity contribution < 1.29 is 14.2 Å². The minimum Gasteiger partial charge on any atom is -0.493 e. The molecule has 0 saturated heterocycles. The average Bonchev–Trinajstić information content (AvgIpc) is 2.74. The van der Waals surface area contributed by atoms with Crippen LogP contribution in [0.5, 0.6) is 11.5 Å². The van der Waals surface area contributed by atoms with E-state index in [1.807, 2.05) is 30.3 Å². The number of hydrogen-bond acceptors (Lipinski definition) is 4. The molecule has 2 rings (SSSR count). The fourth-order valence-electron chi connectivity index (χ4n) is 2.62. The molecule has 0 heterocycles. The normalized spacial score (nSPS) is 11.0. The SMILES string of the molecule is C#CCOc1ccc(CCNC(=S)C(OCC#C)c2ccc(Cl)cc2)cc1OC. The Morgan fingerprint density at radius 3 is 2.48 bits per heavy atom. The molecule has 0 spiro atoms. The lowest BCUT2D eigenvalue weighted by molar-refractivity contribution is 0.128. The molecule has 1 atom stereocenters. The van der Waals surface area contributed by atoms with E-state index in [1.54, 1.807) is 19.2 Å². The fraction of sp³-hybridized carbons (Fsp3) is 0.261. The Kier molecular flexibility index (Phi) is 9.34. The molecule has 0 aliphatic carbocycles. The fourth-order valence-corrected chi connectivity index (χ4v) is 3.05. The van der Waals surface area contributed by atoms with Gasteiger partial charge in [-0.15, -0.1) is 12.8 Å². The number of methoxy groups -OCH3 is 1. The van der Waals surface area contributed by atoms with Crippen LogP contribution in [-0.2, 0) is 11.2 Å². The van der Waals surface area contributed by atoms with E-state index in [0.29, 0.717) is 28.1 Å². The van der Waals surface area contributed by atoms with Gasteiger partial charge in [-0.2, -0.15) is 0 Å². The summed E-state index contributed by atoms with van der Waals surface area (Å²) in [7, 11) is 1.59. The number of hydrogen-bond donors (Lipinski definition) is 1. The van der Waals surface area contributed by atoms with Crippen molar-refractivity contribution in [3.8, 4) is 36.2 Å². The predicted molar refractivity (Wildman–Crippen MR) is 121 cm³/mol. The summed E-state index contributed by atoms with van der Waals surface area (Å²) < 4.78 is 16.6. The van der Waals surface area contributed by atoms with E-state index in [4.69, 9.17) is 50.9 Å². The van der Waals surface area contributed by atoms with Crippen molar-refractivity contribution in [1.29, 1.82) is 0 Å². The topological polar surface area (TPSA) is 39.7 Å². The number of terminal acetylenes is 2. The summed E-state index contributed by atoms with van der Waals surface area (Å²) in [6.07, 6.45) is 10.9. The van der Waals surface area contributed by atoms with Crippen molar-refractivity contribution in [2.24, 2.45) is 0 Å². The lowest BCUT2D eigenvalue weighted by atomic mass is 10.1. The summed E-state index contributed by atoms with van der Waals surface area (Å²) in [5.41, 5.74) is 1.96. The first-order valence-electron chi connectivity index (χ1n) is 8.90. The van der Waals surface area contributed by atoms with E-state index in [1.165, 1.54) is 0 Å². The molecule has 0 aromatic heterocycles. The molecule has 0 saturated carbocycles. The van der Waals surface area contributed by atoms with E-state index in [2.05, 4.69) is 17.2 Å². The quantitative estimate of drug-likeness (QED) is 0.454. The number of benzene rings is 2. The summed E-state index contributed by atoms with van der Waals surface area (Å²) in [5.74, 6) is 6.16. The maximum atomic E-state index is 5.97. The number of halogens is 1. The Morgan fingerprint density at radius 2 is 1.83 bits per heavy atom. The average molecular weight is 428 g/mol. The van der Waals surface area contributed by atoms with Crippen LogP contribution in [0.4, 0.5) is 0 Å². The summed E-state index contributed by atoms with van der Waals surface area (Å²) in [4.78, 5) is 0.559.